The van der Waals surface area contributed by atoms with Crippen molar-refractivity contribution in [2.75, 3.05) is 5.32 Å². The summed E-state index contributed by atoms with van der Waals surface area (Å²) >= 11 is 6.09. The Labute approximate surface area is 164 Å². The number of amides is 1. The van der Waals surface area contributed by atoms with E-state index in [9.17, 15) is 4.79 Å². The number of carbonyl (C=O) groups excluding carboxylic acids is 1. The van der Waals surface area contributed by atoms with Gasteiger partial charge in [-0.1, -0.05) is 66.2 Å². The number of halogens is 1. The Morgan fingerprint density at radius 3 is 2.11 bits per heavy atom. The largest absolute Gasteiger partial charge is 0.326 e. The summed E-state index contributed by atoms with van der Waals surface area (Å²) < 4.78 is 0. The van der Waals surface area contributed by atoms with Crippen LogP contribution in [0.2, 0.25) is 5.02 Å². The van der Waals surface area contributed by atoms with Gasteiger partial charge in [-0.15, -0.1) is 0 Å². The highest BCUT2D eigenvalue weighted by Crippen LogP contribution is 2.61. The summed E-state index contributed by atoms with van der Waals surface area (Å²) in [5.74, 6) is 0.385. The average Bonchev–Trinajstić information content (AvgIpc) is 2.68. The first kappa shape index (κ1) is 16.6. The molecule has 0 radical (unpaired) electrons. The van der Waals surface area contributed by atoms with E-state index in [4.69, 9.17) is 11.6 Å². The number of fused-ring (bicyclic) bond motifs is 1. The van der Waals surface area contributed by atoms with Gasteiger partial charge in [-0.25, -0.2) is 0 Å². The molecule has 2 nitrogen and oxygen atoms in total. The molecule has 1 atom stereocenters. The quantitative estimate of drug-likeness (QED) is 0.589. The highest BCUT2D eigenvalue weighted by molar-refractivity contribution is 6.30. The lowest BCUT2D eigenvalue weighted by molar-refractivity contribution is -0.126. The monoisotopic (exact) mass is 373 g/mol. The van der Waals surface area contributed by atoms with Crippen LogP contribution in [0.4, 0.5) is 5.69 Å². The van der Waals surface area contributed by atoms with E-state index in [-0.39, 0.29) is 17.7 Å². The van der Waals surface area contributed by atoms with Crippen molar-refractivity contribution in [3.8, 4) is 0 Å². The van der Waals surface area contributed by atoms with Gasteiger partial charge in [-0.05, 0) is 53.8 Å². The van der Waals surface area contributed by atoms with Crippen LogP contribution >= 0.6 is 11.6 Å². The highest BCUT2D eigenvalue weighted by Gasteiger charge is 2.53. The minimum Gasteiger partial charge on any atom is -0.326 e. The molecule has 27 heavy (non-hydrogen) atoms. The fourth-order valence-electron chi connectivity index (χ4n) is 5.03. The molecule has 3 aromatic rings. The van der Waals surface area contributed by atoms with Crippen molar-refractivity contribution in [3.63, 3.8) is 0 Å². The Morgan fingerprint density at radius 1 is 0.926 bits per heavy atom. The third-order valence-corrected chi connectivity index (χ3v) is 6.47. The van der Waals surface area contributed by atoms with Gasteiger partial charge in [0.25, 0.3) is 0 Å². The van der Waals surface area contributed by atoms with E-state index in [1.165, 1.54) is 22.3 Å². The van der Waals surface area contributed by atoms with Gasteiger partial charge in [-0.2, -0.15) is 0 Å². The van der Waals surface area contributed by atoms with Crippen molar-refractivity contribution in [1.29, 1.82) is 0 Å². The van der Waals surface area contributed by atoms with Crippen LogP contribution in [-0.4, -0.2) is 5.91 Å². The third kappa shape index (κ3) is 2.44. The molecule has 0 fully saturated rings. The second-order valence-corrected chi connectivity index (χ2v) is 8.27. The fraction of sp³-hybridized carbons (Fsp3) is 0.208. The van der Waals surface area contributed by atoms with Crippen molar-refractivity contribution in [1.82, 2.24) is 0 Å². The molecule has 0 heterocycles. The van der Waals surface area contributed by atoms with E-state index in [2.05, 4.69) is 60.8 Å². The van der Waals surface area contributed by atoms with Gasteiger partial charge in [0.15, 0.2) is 0 Å². The maximum Gasteiger partial charge on any atom is 0.231 e. The van der Waals surface area contributed by atoms with E-state index in [0.717, 1.165) is 12.1 Å². The topological polar surface area (TPSA) is 29.1 Å². The van der Waals surface area contributed by atoms with E-state index in [1.54, 1.807) is 6.07 Å². The number of rotatable bonds is 2. The van der Waals surface area contributed by atoms with E-state index in [0.29, 0.717) is 5.02 Å². The van der Waals surface area contributed by atoms with Crippen molar-refractivity contribution >= 4 is 23.2 Å². The first-order chi connectivity index (χ1) is 13.1. The molecule has 3 aliphatic carbocycles. The fourth-order valence-corrected chi connectivity index (χ4v) is 5.22. The minimum atomic E-state index is -0.504. The Kier molecular flexibility index (Phi) is 3.66. The molecule has 0 spiro atoms. The highest BCUT2D eigenvalue weighted by atomic mass is 35.5. The number of anilines is 1. The summed E-state index contributed by atoms with van der Waals surface area (Å²) in [7, 11) is 0. The summed E-state index contributed by atoms with van der Waals surface area (Å²) in [6, 6.07) is 24.5. The summed E-state index contributed by atoms with van der Waals surface area (Å²) in [6.45, 7) is 2.11. The van der Waals surface area contributed by atoms with Gasteiger partial charge in [0.2, 0.25) is 5.91 Å². The molecular weight excluding hydrogens is 354 g/mol. The zero-order chi connectivity index (χ0) is 18.6. The molecule has 1 N–H and O–H groups in total. The lowest BCUT2D eigenvalue weighted by atomic mass is 9.52. The molecular formula is C24H20ClNO. The van der Waals surface area contributed by atoms with Crippen LogP contribution in [0, 0.1) is 5.41 Å². The van der Waals surface area contributed by atoms with Crippen LogP contribution in [0.1, 0.15) is 47.4 Å². The van der Waals surface area contributed by atoms with Crippen LogP contribution < -0.4 is 5.32 Å². The van der Waals surface area contributed by atoms with Crippen LogP contribution in [0.15, 0.2) is 72.8 Å². The summed E-state index contributed by atoms with van der Waals surface area (Å²) in [6.07, 6.45) is 0.818. The maximum absolute atomic E-state index is 13.5. The molecule has 1 amide bonds. The third-order valence-electron chi connectivity index (χ3n) is 6.23. The Hall–Kier alpha value is -2.58. The van der Waals surface area contributed by atoms with Crippen LogP contribution in [-0.2, 0) is 4.79 Å². The van der Waals surface area contributed by atoms with Crippen molar-refractivity contribution < 1.29 is 4.79 Å². The van der Waals surface area contributed by atoms with Gasteiger partial charge >= 0.3 is 0 Å². The van der Waals surface area contributed by atoms with Crippen molar-refractivity contribution in [2.45, 2.75) is 25.2 Å². The second-order valence-electron chi connectivity index (χ2n) is 7.83. The number of hydrogen-bond donors (Lipinski definition) is 1. The smallest absolute Gasteiger partial charge is 0.231 e. The molecule has 0 aromatic heterocycles. The first-order valence-electron chi connectivity index (χ1n) is 9.32. The molecule has 134 valence electrons. The normalized spacial score (nSPS) is 24.8. The molecule has 3 aromatic carbocycles. The number of carbonyl (C=O) groups is 1. The van der Waals surface area contributed by atoms with Gasteiger partial charge < -0.3 is 5.32 Å². The number of benzene rings is 3. The minimum absolute atomic E-state index is 0.0590. The predicted octanol–water partition coefficient (Wildman–Crippen LogP) is 5.97. The van der Waals surface area contributed by atoms with Gasteiger partial charge in [0, 0.05) is 22.5 Å². The zero-order valence-electron chi connectivity index (χ0n) is 15.1. The first-order valence-corrected chi connectivity index (χ1v) is 9.70. The van der Waals surface area contributed by atoms with Crippen molar-refractivity contribution in [2.24, 2.45) is 5.41 Å². The van der Waals surface area contributed by atoms with E-state index in [1.807, 2.05) is 18.2 Å². The Bertz CT molecular complexity index is 1010. The SMILES string of the molecule is C[C@]1(C(=O)Nc2cccc(Cl)c2)CC2c3ccccc3C1c1ccccc12. The predicted molar refractivity (Wildman–Crippen MR) is 109 cm³/mol. The average molecular weight is 374 g/mol. The molecule has 2 bridgehead atoms. The Balaban J connectivity index is 1.61. The molecule has 3 heteroatoms. The van der Waals surface area contributed by atoms with Crippen molar-refractivity contribution in [3.05, 3.63) is 100 Å². The Morgan fingerprint density at radius 2 is 1.52 bits per heavy atom. The van der Waals surface area contributed by atoms with Crippen LogP contribution in [0.5, 0.6) is 0 Å². The summed E-state index contributed by atoms with van der Waals surface area (Å²) in [5, 5.41) is 3.74. The molecule has 3 aliphatic rings. The van der Waals surface area contributed by atoms with Gasteiger partial charge in [-0.3, -0.25) is 4.79 Å². The molecule has 0 saturated heterocycles. The van der Waals surface area contributed by atoms with Gasteiger partial charge in [0.05, 0.1) is 5.41 Å². The standard InChI is InChI=1S/C24H20ClNO/c1-24(23(27)26-16-8-6-7-15(25)13-16)14-21-17-9-2-4-11-19(17)22(24)20-12-5-3-10-18(20)21/h2-13,21-22H,14H2,1H3,(H,26,27)/t21?,22?,24-/m0/s1. The summed E-state index contributed by atoms with van der Waals surface area (Å²) in [5.41, 5.74) is 5.56. The number of hydrogen-bond acceptors (Lipinski definition) is 1. The maximum atomic E-state index is 13.5. The zero-order valence-corrected chi connectivity index (χ0v) is 15.8. The molecule has 0 aliphatic heterocycles. The van der Waals surface area contributed by atoms with Crippen LogP contribution in [0.3, 0.4) is 0 Å². The number of nitrogens with one attached hydrogen (secondary N) is 1. The molecule has 0 saturated carbocycles. The lowest BCUT2D eigenvalue weighted by Crippen LogP contribution is -2.47. The van der Waals surface area contributed by atoms with Gasteiger partial charge in [0.1, 0.15) is 0 Å². The molecule has 6 rings (SSSR count). The summed E-state index contributed by atoms with van der Waals surface area (Å²) in [4.78, 5) is 13.5. The van der Waals surface area contributed by atoms with Crippen LogP contribution in [0.25, 0.3) is 0 Å². The van der Waals surface area contributed by atoms with E-state index < -0.39 is 5.41 Å². The molecule has 0 unspecified atom stereocenters. The van der Waals surface area contributed by atoms with E-state index >= 15 is 0 Å². The lowest BCUT2D eigenvalue weighted by Gasteiger charge is -2.50. The second kappa shape index (κ2) is 5.97.